The summed E-state index contributed by atoms with van der Waals surface area (Å²) in [4.78, 5) is 14.3. The third-order valence-electron chi connectivity index (χ3n) is 4.83. The van der Waals surface area contributed by atoms with Crippen LogP contribution in [0.1, 0.15) is 33.3 Å². The van der Waals surface area contributed by atoms with Crippen molar-refractivity contribution in [2.75, 3.05) is 18.1 Å². The van der Waals surface area contributed by atoms with E-state index in [0.717, 1.165) is 22.4 Å². The van der Waals surface area contributed by atoms with Gasteiger partial charge in [-0.2, -0.15) is 5.10 Å². The van der Waals surface area contributed by atoms with Gasteiger partial charge in [0.2, 0.25) is 10.0 Å². The fraction of sp³-hybridized carbons (Fsp3) is 0.182. The zero-order valence-electron chi connectivity index (χ0n) is 17.0. The van der Waals surface area contributed by atoms with Gasteiger partial charge in [-0.25, -0.2) is 13.4 Å². The van der Waals surface area contributed by atoms with Gasteiger partial charge in [-0.05, 0) is 47.3 Å². The SMILES string of the molecule is COc1cccc(C(=O)N2N=C(c3ccc(NS(C)(=O)=O)cc3)C[C@@H]2c2cccs2)c1. The van der Waals surface area contributed by atoms with Crippen molar-refractivity contribution in [1.29, 1.82) is 0 Å². The standard InChI is InChI=1S/C22H21N3O4S2/c1-29-18-6-3-5-16(13-18)22(26)25-20(21-7-4-12-30-21)14-19(23-25)15-8-10-17(11-9-15)24-31(2,27)28/h3-13,20,24H,14H2,1-2H3/t20-/m1/s1. The highest BCUT2D eigenvalue weighted by Crippen LogP contribution is 2.36. The van der Waals surface area contributed by atoms with Crippen molar-refractivity contribution in [3.05, 3.63) is 82.0 Å². The van der Waals surface area contributed by atoms with Crippen LogP contribution in [0.5, 0.6) is 5.75 Å². The lowest BCUT2D eigenvalue weighted by Crippen LogP contribution is -2.26. The fourth-order valence-electron chi connectivity index (χ4n) is 3.41. The number of thiophene rings is 1. The molecule has 2 aromatic carbocycles. The summed E-state index contributed by atoms with van der Waals surface area (Å²) in [5.74, 6) is 0.401. The van der Waals surface area contributed by atoms with Gasteiger partial charge in [0.1, 0.15) is 5.75 Å². The third kappa shape index (κ3) is 4.78. The van der Waals surface area contributed by atoms with Gasteiger partial charge in [-0.15, -0.1) is 11.3 Å². The first-order valence-electron chi connectivity index (χ1n) is 9.51. The number of amides is 1. The molecule has 1 amide bonds. The largest absolute Gasteiger partial charge is 0.497 e. The van der Waals surface area contributed by atoms with E-state index >= 15 is 0 Å². The minimum Gasteiger partial charge on any atom is -0.497 e. The Morgan fingerprint density at radius 1 is 1.16 bits per heavy atom. The van der Waals surface area contributed by atoms with E-state index in [9.17, 15) is 13.2 Å². The lowest BCUT2D eigenvalue weighted by molar-refractivity contribution is 0.0713. The molecule has 160 valence electrons. The highest BCUT2D eigenvalue weighted by Gasteiger charge is 2.34. The molecule has 9 heteroatoms. The Kier molecular flexibility index (Phi) is 5.79. The molecule has 0 bridgehead atoms. The first-order valence-corrected chi connectivity index (χ1v) is 12.3. The van der Waals surface area contributed by atoms with E-state index in [2.05, 4.69) is 9.82 Å². The molecule has 0 aliphatic carbocycles. The molecule has 0 unspecified atom stereocenters. The van der Waals surface area contributed by atoms with Gasteiger partial charge in [0, 0.05) is 22.5 Å². The second kappa shape index (κ2) is 8.52. The minimum absolute atomic E-state index is 0.206. The van der Waals surface area contributed by atoms with Crippen LogP contribution in [0.4, 0.5) is 5.69 Å². The molecule has 2 heterocycles. The van der Waals surface area contributed by atoms with Gasteiger partial charge >= 0.3 is 0 Å². The first kappa shape index (κ1) is 21.1. The number of ether oxygens (including phenoxy) is 1. The molecule has 0 fully saturated rings. The molecule has 0 spiro atoms. The summed E-state index contributed by atoms with van der Waals surface area (Å²) in [6.45, 7) is 0. The lowest BCUT2D eigenvalue weighted by Gasteiger charge is -2.20. The maximum atomic E-state index is 13.3. The van der Waals surface area contributed by atoms with Crippen LogP contribution in [0.3, 0.4) is 0 Å². The Labute approximate surface area is 185 Å². The number of hydrogen-bond acceptors (Lipinski definition) is 6. The maximum absolute atomic E-state index is 13.3. The predicted molar refractivity (Wildman–Crippen MR) is 122 cm³/mol. The van der Waals surface area contributed by atoms with Gasteiger partial charge in [-0.1, -0.05) is 24.3 Å². The molecule has 1 aliphatic heterocycles. The van der Waals surface area contributed by atoms with Crippen LogP contribution in [0.2, 0.25) is 0 Å². The number of benzene rings is 2. The van der Waals surface area contributed by atoms with Gasteiger partial charge in [0.15, 0.2) is 0 Å². The molecule has 3 aromatic rings. The Bertz CT molecular complexity index is 1220. The van der Waals surface area contributed by atoms with Gasteiger partial charge in [-0.3, -0.25) is 9.52 Å². The molecule has 1 N–H and O–H groups in total. The minimum atomic E-state index is -3.35. The number of hydrazone groups is 1. The van der Waals surface area contributed by atoms with Crippen molar-refractivity contribution in [3.63, 3.8) is 0 Å². The van der Waals surface area contributed by atoms with Crippen molar-refractivity contribution in [2.45, 2.75) is 12.5 Å². The first-order chi connectivity index (χ1) is 14.8. The van der Waals surface area contributed by atoms with Crippen LogP contribution >= 0.6 is 11.3 Å². The number of hydrogen-bond donors (Lipinski definition) is 1. The zero-order valence-corrected chi connectivity index (χ0v) is 18.6. The van der Waals surface area contributed by atoms with Crippen molar-refractivity contribution in [1.82, 2.24) is 5.01 Å². The molecule has 7 nitrogen and oxygen atoms in total. The molecule has 4 rings (SSSR count). The maximum Gasteiger partial charge on any atom is 0.274 e. The molecule has 0 radical (unpaired) electrons. The van der Waals surface area contributed by atoms with Crippen molar-refractivity contribution in [2.24, 2.45) is 5.10 Å². The van der Waals surface area contributed by atoms with Gasteiger partial charge in [0.25, 0.3) is 5.91 Å². The fourth-order valence-corrected chi connectivity index (χ4v) is 4.78. The van der Waals surface area contributed by atoms with Gasteiger partial charge in [0.05, 0.1) is 25.1 Å². The average molecular weight is 456 g/mol. The van der Waals surface area contributed by atoms with Crippen LogP contribution in [0.25, 0.3) is 0 Å². The summed E-state index contributed by atoms with van der Waals surface area (Å²) in [5.41, 5.74) is 2.57. The Hall–Kier alpha value is -3.17. The summed E-state index contributed by atoms with van der Waals surface area (Å²) < 4.78 is 30.6. The number of nitrogens with zero attached hydrogens (tertiary/aromatic N) is 2. The van der Waals surface area contributed by atoms with Crippen LogP contribution in [0, 0.1) is 0 Å². The van der Waals surface area contributed by atoms with E-state index in [1.807, 2.05) is 17.5 Å². The Morgan fingerprint density at radius 3 is 2.58 bits per heavy atom. The number of rotatable bonds is 6. The molecule has 1 aromatic heterocycles. The molecular formula is C22H21N3O4S2. The van der Waals surface area contributed by atoms with E-state index in [4.69, 9.17) is 4.74 Å². The van der Waals surface area contributed by atoms with E-state index < -0.39 is 10.0 Å². The molecule has 0 saturated heterocycles. The summed E-state index contributed by atoms with van der Waals surface area (Å²) in [7, 11) is -1.78. The lowest BCUT2D eigenvalue weighted by atomic mass is 10.0. The molecule has 1 atom stereocenters. The number of nitrogens with one attached hydrogen (secondary N) is 1. The second-order valence-electron chi connectivity index (χ2n) is 7.12. The predicted octanol–water partition coefficient (Wildman–Crippen LogP) is 4.12. The molecular weight excluding hydrogens is 434 g/mol. The topological polar surface area (TPSA) is 88.1 Å². The number of sulfonamides is 1. The number of anilines is 1. The molecule has 1 aliphatic rings. The van der Waals surface area contributed by atoms with Crippen LogP contribution in [-0.4, -0.2) is 38.4 Å². The van der Waals surface area contributed by atoms with Crippen LogP contribution < -0.4 is 9.46 Å². The monoisotopic (exact) mass is 455 g/mol. The highest BCUT2D eigenvalue weighted by molar-refractivity contribution is 7.92. The van der Waals surface area contributed by atoms with E-state index in [-0.39, 0.29) is 11.9 Å². The highest BCUT2D eigenvalue weighted by atomic mass is 32.2. The Balaban J connectivity index is 1.65. The second-order valence-corrected chi connectivity index (χ2v) is 9.84. The summed E-state index contributed by atoms with van der Waals surface area (Å²) in [6, 6.07) is 17.7. The summed E-state index contributed by atoms with van der Waals surface area (Å²) in [6.07, 6.45) is 1.67. The zero-order chi connectivity index (χ0) is 22.0. The van der Waals surface area contributed by atoms with Crippen LogP contribution in [-0.2, 0) is 10.0 Å². The van der Waals surface area contributed by atoms with Crippen molar-refractivity contribution in [3.8, 4) is 5.75 Å². The van der Waals surface area contributed by atoms with Crippen molar-refractivity contribution < 1.29 is 17.9 Å². The smallest absolute Gasteiger partial charge is 0.274 e. The van der Waals surface area contributed by atoms with Crippen molar-refractivity contribution >= 4 is 38.7 Å². The molecule has 0 saturated carbocycles. The average Bonchev–Trinajstić information content (AvgIpc) is 3.42. The van der Waals surface area contributed by atoms with Gasteiger partial charge < -0.3 is 4.74 Å². The number of carbonyl (C=O) groups is 1. The quantitative estimate of drug-likeness (QED) is 0.606. The van der Waals surface area contributed by atoms with Crippen LogP contribution in [0.15, 0.2) is 71.1 Å². The van der Waals surface area contributed by atoms with E-state index in [1.54, 1.807) is 67.0 Å². The summed E-state index contributed by atoms with van der Waals surface area (Å²) >= 11 is 1.58. The number of methoxy groups -OCH3 is 1. The Morgan fingerprint density at radius 2 is 1.94 bits per heavy atom. The van der Waals surface area contributed by atoms with E-state index in [0.29, 0.717) is 23.4 Å². The summed E-state index contributed by atoms with van der Waals surface area (Å²) in [5, 5.41) is 8.17. The molecule has 31 heavy (non-hydrogen) atoms. The number of carbonyl (C=O) groups excluding carboxylic acids is 1. The normalized spacial score (nSPS) is 16.1. The third-order valence-corrected chi connectivity index (χ3v) is 6.41. The van der Waals surface area contributed by atoms with E-state index in [1.165, 1.54) is 5.01 Å².